The number of nitrogens with zero attached hydrogens (tertiary/aromatic N) is 1. The van der Waals surface area contributed by atoms with Gasteiger partial charge in [0.15, 0.2) is 0 Å². The van der Waals surface area contributed by atoms with Gasteiger partial charge in [-0.25, -0.2) is 0 Å². The third-order valence-corrected chi connectivity index (χ3v) is 4.19. The summed E-state index contributed by atoms with van der Waals surface area (Å²) in [5, 5.41) is 13.6. The summed E-state index contributed by atoms with van der Waals surface area (Å²) < 4.78 is 5.72. The van der Waals surface area contributed by atoms with E-state index < -0.39 is 0 Å². The molecule has 0 aromatic heterocycles. The fraction of sp³-hybridized carbons (Fsp3) is 0.647. The largest absolute Gasteiger partial charge is 0.508 e. The monoisotopic (exact) mass is 292 g/mol. The normalized spacial score (nSPS) is 19.7. The van der Waals surface area contributed by atoms with Crippen molar-refractivity contribution in [2.45, 2.75) is 45.8 Å². The number of phenols is 1. The molecule has 0 aliphatic carbocycles. The highest BCUT2D eigenvalue weighted by molar-refractivity contribution is 5.54. The van der Waals surface area contributed by atoms with Crippen LogP contribution in [-0.4, -0.2) is 37.5 Å². The SMILES string of the molecule is CCNC(C)c1ccc(N(CC)CC2CCCO2)cc1O. The van der Waals surface area contributed by atoms with E-state index in [1.807, 2.05) is 12.1 Å². The standard InChI is InChI=1S/C17H28N2O2/c1-4-18-13(3)16-9-8-14(11-17(16)20)19(5-2)12-15-7-6-10-21-15/h8-9,11,13,15,18,20H,4-7,10,12H2,1-3H3. The Morgan fingerprint density at radius 3 is 2.81 bits per heavy atom. The topological polar surface area (TPSA) is 44.7 Å². The molecular weight excluding hydrogens is 264 g/mol. The van der Waals surface area contributed by atoms with Gasteiger partial charge in [0.25, 0.3) is 0 Å². The molecular formula is C17H28N2O2. The molecule has 0 radical (unpaired) electrons. The maximum atomic E-state index is 10.3. The number of hydrogen-bond acceptors (Lipinski definition) is 4. The van der Waals surface area contributed by atoms with Crippen molar-refractivity contribution in [3.05, 3.63) is 23.8 Å². The number of rotatable bonds is 7. The Morgan fingerprint density at radius 2 is 2.24 bits per heavy atom. The molecule has 4 heteroatoms. The number of likely N-dealkylation sites (N-methyl/N-ethyl adjacent to an activating group) is 1. The van der Waals surface area contributed by atoms with Gasteiger partial charge in [0.2, 0.25) is 0 Å². The molecule has 2 rings (SSSR count). The molecule has 1 saturated heterocycles. The first kappa shape index (κ1) is 16.1. The number of hydrogen-bond donors (Lipinski definition) is 2. The van der Waals surface area contributed by atoms with Crippen molar-refractivity contribution in [3.8, 4) is 5.75 Å². The zero-order valence-corrected chi connectivity index (χ0v) is 13.4. The molecule has 0 amide bonds. The van der Waals surface area contributed by atoms with Crippen LogP contribution in [0.3, 0.4) is 0 Å². The van der Waals surface area contributed by atoms with E-state index in [1.165, 1.54) is 0 Å². The number of anilines is 1. The molecule has 0 spiro atoms. The van der Waals surface area contributed by atoms with Crippen LogP contribution in [0.5, 0.6) is 5.75 Å². The second-order valence-electron chi connectivity index (χ2n) is 5.70. The van der Waals surface area contributed by atoms with Gasteiger partial charge in [0, 0.05) is 43.1 Å². The first-order chi connectivity index (χ1) is 10.2. The molecule has 21 heavy (non-hydrogen) atoms. The number of phenolic OH excluding ortho intramolecular Hbond substituents is 1. The van der Waals surface area contributed by atoms with Crippen LogP contribution in [0.1, 0.15) is 45.2 Å². The lowest BCUT2D eigenvalue weighted by molar-refractivity contribution is 0.115. The summed E-state index contributed by atoms with van der Waals surface area (Å²) in [6.45, 7) is 9.88. The lowest BCUT2D eigenvalue weighted by Crippen LogP contribution is -2.32. The fourth-order valence-electron chi connectivity index (χ4n) is 2.96. The molecule has 118 valence electrons. The Hall–Kier alpha value is -1.26. The smallest absolute Gasteiger partial charge is 0.122 e. The van der Waals surface area contributed by atoms with Crippen LogP contribution < -0.4 is 10.2 Å². The van der Waals surface area contributed by atoms with Crippen molar-refractivity contribution >= 4 is 5.69 Å². The quantitative estimate of drug-likeness (QED) is 0.810. The van der Waals surface area contributed by atoms with Gasteiger partial charge in [-0.1, -0.05) is 13.0 Å². The summed E-state index contributed by atoms with van der Waals surface area (Å²) in [7, 11) is 0. The van der Waals surface area contributed by atoms with Gasteiger partial charge in [-0.05, 0) is 39.3 Å². The molecule has 1 aliphatic rings. The summed E-state index contributed by atoms with van der Waals surface area (Å²) in [5.74, 6) is 0.367. The van der Waals surface area contributed by atoms with E-state index in [-0.39, 0.29) is 6.04 Å². The van der Waals surface area contributed by atoms with E-state index in [0.717, 1.165) is 50.3 Å². The van der Waals surface area contributed by atoms with Crippen LogP contribution in [0, 0.1) is 0 Å². The molecule has 0 bridgehead atoms. The third kappa shape index (κ3) is 4.11. The van der Waals surface area contributed by atoms with E-state index in [1.54, 1.807) is 0 Å². The van der Waals surface area contributed by atoms with Gasteiger partial charge in [-0.3, -0.25) is 0 Å². The molecule has 2 N–H and O–H groups in total. The van der Waals surface area contributed by atoms with Gasteiger partial charge in [0.05, 0.1) is 6.10 Å². The minimum atomic E-state index is 0.164. The molecule has 1 aliphatic heterocycles. The minimum Gasteiger partial charge on any atom is -0.508 e. The second kappa shape index (κ2) is 7.66. The zero-order chi connectivity index (χ0) is 15.2. The first-order valence-corrected chi connectivity index (χ1v) is 8.08. The van der Waals surface area contributed by atoms with Crippen LogP contribution in [0.25, 0.3) is 0 Å². The average Bonchev–Trinajstić information content (AvgIpc) is 2.97. The fourth-order valence-corrected chi connectivity index (χ4v) is 2.96. The van der Waals surface area contributed by atoms with E-state index in [0.29, 0.717) is 11.9 Å². The van der Waals surface area contributed by atoms with Crippen LogP contribution in [0.4, 0.5) is 5.69 Å². The van der Waals surface area contributed by atoms with Crippen molar-refractivity contribution in [1.82, 2.24) is 5.32 Å². The molecule has 4 nitrogen and oxygen atoms in total. The van der Waals surface area contributed by atoms with E-state index in [2.05, 4.69) is 37.1 Å². The molecule has 2 atom stereocenters. The minimum absolute atomic E-state index is 0.164. The Kier molecular flexibility index (Phi) is 5.88. The lowest BCUT2D eigenvalue weighted by atomic mass is 10.1. The molecule has 1 aromatic rings. The summed E-state index contributed by atoms with van der Waals surface area (Å²) >= 11 is 0. The summed E-state index contributed by atoms with van der Waals surface area (Å²) in [6.07, 6.45) is 2.62. The molecule has 1 heterocycles. The Labute approximate surface area is 128 Å². The first-order valence-electron chi connectivity index (χ1n) is 8.08. The van der Waals surface area contributed by atoms with Gasteiger partial charge in [-0.15, -0.1) is 0 Å². The molecule has 1 aromatic carbocycles. The Balaban J connectivity index is 2.09. The van der Waals surface area contributed by atoms with E-state index >= 15 is 0 Å². The number of aromatic hydroxyl groups is 1. The third-order valence-electron chi connectivity index (χ3n) is 4.19. The van der Waals surface area contributed by atoms with Crippen molar-refractivity contribution in [1.29, 1.82) is 0 Å². The average molecular weight is 292 g/mol. The predicted octanol–water partition coefficient (Wildman–Crippen LogP) is 3.07. The molecule has 0 saturated carbocycles. The van der Waals surface area contributed by atoms with E-state index in [9.17, 15) is 5.11 Å². The molecule has 2 unspecified atom stereocenters. The summed E-state index contributed by atoms with van der Waals surface area (Å²) in [5.41, 5.74) is 2.02. The van der Waals surface area contributed by atoms with Crippen molar-refractivity contribution < 1.29 is 9.84 Å². The second-order valence-corrected chi connectivity index (χ2v) is 5.70. The number of nitrogens with one attached hydrogen (secondary N) is 1. The number of ether oxygens (including phenoxy) is 1. The number of benzene rings is 1. The predicted molar refractivity (Wildman–Crippen MR) is 87.1 cm³/mol. The highest BCUT2D eigenvalue weighted by Crippen LogP contribution is 2.29. The molecule has 1 fully saturated rings. The zero-order valence-electron chi connectivity index (χ0n) is 13.4. The maximum Gasteiger partial charge on any atom is 0.122 e. The summed E-state index contributed by atoms with van der Waals surface area (Å²) in [6, 6.07) is 6.16. The highest BCUT2D eigenvalue weighted by atomic mass is 16.5. The van der Waals surface area contributed by atoms with Gasteiger partial charge in [-0.2, -0.15) is 0 Å². The van der Waals surface area contributed by atoms with Crippen LogP contribution in [-0.2, 0) is 4.74 Å². The van der Waals surface area contributed by atoms with Crippen molar-refractivity contribution in [3.63, 3.8) is 0 Å². The Bertz CT molecular complexity index is 444. The van der Waals surface area contributed by atoms with Crippen LogP contribution in [0.15, 0.2) is 18.2 Å². The van der Waals surface area contributed by atoms with Crippen LogP contribution in [0.2, 0.25) is 0 Å². The van der Waals surface area contributed by atoms with Crippen LogP contribution >= 0.6 is 0 Å². The summed E-state index contributed by atoms with van der Waals surface area (Å²) in [4.78, 5) is 2.28. The maximum absolute atomic E-state index is 10.3. The van der Waals surface area contributed by atoms with Gasteiger partial charge < -0.3 is 20.1 Å². The van der Waals surface area contributed by atoms with Crippen molar-refractivity contribution in [2.24, 2.45) is 0 Å². The van der Waals surface area contributed by atoms with Crippen molar-refractivity contribution in [2.75, 3.05) is 31.1 Å². The van der Waals surface area contributed by atoms with E-state index in [4.69, 9.17) is 4.74 Å². The Morgan fingerprint density at radius 1 is 1.43 bits per heavy atom. The van der Waals surface area contributed by atoms with Gasteiger partial charge in [0.1, 0.15) is 5.75 Å². The van der Waals surface area contributed by atoms with Gasteiger partial charge >= 0.3 is 0 Å². The lowest BCUT2D eigenvalue weighted by Gasteiger charge is -2.27. The highest BCUT2D eigenvalue weighted by Gasteiger charge is 2.19.